The van der Waals surface area contributed by atoms with E-state index in [9.17, 15) is 26.3 Å². The molecule has 38 heavy (non-hydrogen) atoms. The first-order chi connectivity index (χ1) is 17.6. The summed E-state index contributed by atoms with van der Waals surface area (Å²) in [6.07, 6.45) is -4.54. The average Bonchev–Trinajstić information content (AvgIpc) is 3.55. The lowest BCUT2D eigenvalue weighted by Crippen LogP contribution is -2.33. The molecule has 4 heterocycles. The van der Waals surface area contributed by atoms with E-state index in [1.807, 2.05) is 24.3 Å². The fourth-order valence-corrected chi connectivity index (χ4v) is 3.20. The second-order valence-electron chi connectivity index (χ2n) is 7.99. The van der Waals surface area contributed by atoms with Crippen LogP contribution in [0.1, 0.15) is 23.0 Å². The van der Waals surface area contributed by atoms with Crippen molar-refractivity contribution in [3.8, 4) is 0 Å². The van der Waals surface area contributed by atoms with E-state index < -0.39 is 24.3 Å². The summed E-state index contributed by atoms with van der Waals surface area (Å²) in [5.74, 6) is -2.39. The Kier molecular flexibility index (Phi) is 10.5. The third-order valence-corrected chi connectivity index (χ3v) is 4.81. The lowest BCUT2D eigenvalue weighted by Gasteiger charge is -2.26. The molecule has 0 amide bonds. The molecule has 0 saturated carbocycles. The maximum atomic E-state index is 10.6. The van der Waals surface area contributed by atoms with Gasteiger partial charge >= 0.3 is 24.3 Å². The van der Waals surface area contributed by atoms with Crippen LogP contribution in [0.5, 0.6) is 0 Å². The Labute approximate surface area is 211 Å². The number of halogens is 6. The summed E-state index contributed by atoms with van der Waals surface area (Å²) in [7, 11) is 2.09. The standard InChI is InChI=1S/C18H22N4O2.2C2HF3O2/c1-20(12-16-4-2-8-23-16)10-15-11-22-7-6-21(14-18(22)19-15)13-17-5-3-9-24-17;2*3-2(4,5)1(6)7/h2-5,8-9,11H,6-7,10,12-14H2,1H3;2*(H,6,7). The van der Waals surface area contributed by atoms with Crippen LogP contribution in [-0.4, -0.2) is 67.4 Å². The van der Waals surface area contributed by atoms with Gasteiger partial charge in [-0.25, -0.2) is 14.6 Å². The number of alkyl halides is 6. The minimum Gasteiger partial charge on any atom is -0.475 e. The van der Waals surface area contributed by atoms with E-state index in [1.54, 1.807) is 12.5 Å². The van der Waals surface area contributed by atoms with E-state index in [1.165, 1.54) is 0 Å². The van der Waals surface area contributed by atoms with Crippen molar-refractivity contribution in [1.29, 1.82) is 0 Å². The van der Waals surface area contributed by atoms with E-state index in [-0.39, 0.29) is 0 Å². The van der Waals surface area contributed by atoms with Crippen LogP contribution >= 0.6 is 0 Å². The fourth-order valence-electron chi connectivity index (χ4n) is 3.20. The highest BCUT2D eigenvalue weighted by molar-refractivity contribution is 5.73. The highest BCUT2D eigenvalue weighted by Gasteiger charge is 2.38. The van der Waals surface area contributed by atoms with Gasteiger partial charge in [0.25, 0.3) is 0 Å². The minimum absolute atomic E-state index is 0.791. The Hall–Kier alpha value is -3.79. The number of carboxylic acid groups (broad SMARTS) is 2. The van der Waals surface area contributed by atoms with Crippen molar-refractivity contribution in [2.45, 2.75) is 45.1 Å². The van der Waals surface area contributed by atoms with E-state index in [4.69, 9.17) is 33.6 Å². The summed E-state index contributed by atoms with van der Waals surface area (Å²) in [5, 5.41) is 14.2. The van der Waals surface area contributed by atoms with Gasteiger partial charge in [-0.15, -0.1) is 0 Å². The number of aliphatic carboxylic acids is 2. The molecule has 0 aliphatic carbocycles. The highest BCUT2D eigenvalue weighted by atomic mass is 19.4. The number of rotatable bonds is 6. The Morgan fingerprint density at radius 3 is 1.95 bits per heavy atom. The van der Waals surface area contributed by atoms with Crippen molar-refractivity contribution in [1.82, 2.24) is 19.4 Å². The van der Waals surface area contributed by atoms with Gasteiger partial charge in [-0.05, 0) is 31.3 Å². The smallest absolute Gasteiger partial charge is 0.475 e. The molecule has 0 bridgehead atoms. The van der Waals surface area contributed by atoms with Gasteiger partial charge in [0, 0.05) is 25.8 Å². The number of furan rings is 2. The van der Waals surface area contributed by atoms with Gasteiger partial charge in [-0.2, -0.15) is 26.3 Å². The monoisotopic (exact) mass is 554 g/mol. The Morgan fingerprint density at radius 1 is 0.947 bits per heavy atom. The summed E-state index contributed by atoms with van der Waals surface area (Å²) >= 11 is 0. The average molecular weight is 554 g/mol. The van der Waals surface area contributed by atoms with Crippen molar-refractivity contribution < 1.29 is 55.0 Å². The second-order valence-corrected chi connectivity index (χ2v) is 7.99. The largest absolute Gasteiger partial charge is 0.490 e. The summed E-state index contributed by atoms with van der Waals surface area (Å²) < 4.78 is 76.6. The lowest BCUT2D eigenvalue weighted by molar-refractivity contribution is -0.193. The van der Waals surface area contributed by atoms with E-state index in [0.717, 1.165) is 62.3 Å². The molecular formula is C22H24F6N4O6. The Balaban J connectivity index is 0.000000301. The van der Waals surface area contributed by atoms with Gasteiger partial charge in [-0.3, -0.25) is 9.80 Å². The first kappa shape index (κ1) is 30.4. The molecule has 0 aromatic carbocycles. The van der Waals surface area contributed by atoms with E-state index in [0.29, 0.717) is 0 Å². The van der Waals surface area contributed by atoms with Crippen LogP contribution in [0.15, 0.2) is 51.8 Å². The van der Waals surface area contributed by atoms with Gasteiger partial charge in [0.15, 0.2) is 0 Å². The van der Waals surface area contributed by atoms with Crippen molar-refractivity contribution in [3.63, 3.8) is 0 Å². The molecular weight excluding hydrogens is 530 g/mol. The zero-order valence-corrected chi connectivity index (χ0v) is 19.9. The van der Waals surface area contributed by atoms with Gasteiger partial charge in [0.05, 0.1) is 37.9 Å². The number of hydrogen-bond donors (Lipinski definition) is 2. The zero-order valence-electron chi connectivity index (χ0n) is 19.9. The first-order valence-electron chi connectivity index (χ1n) is 10.8. The molecule has 0 unspecified atom stereocenters. The van der Waals surface area contributed by atoms with Gasteiger partial charge in [0.2, 0.25) is 0 Å². The SMILES string of the molecule is CN(Cc1cn2c(n1)CN(Cc1ccco1)CC2)Cc1ccco1.O=C(O)C(F)(F)F.O=C(O)C(F)(F)F. The molecule has 0 radical (unpaired) electrons. The van der Waals surface area contributed by atoms with Gasteiger partial charge in [0.1, 0.15) is 17.3 Å². The van der Waals surface area contributed by atoms with Crippen LogP contribution in [0, 0.1) is 0 Å². The van der Waals surface area contributed by atoms with Crippen molar-refractivity contribution >= 4 is 11.9 Å². The third-order valence-electron chi connectivity index (χ3n) is 4.81. The van der Waals surface area contributed by atoms with Gasteiger partial charge in [-0.1, -0.05) is 0 Å². The van der Waals surface area contributed by atoms with Crippen LogP contribution in [0.2, 0.25) is 0 Å². The van der Waals surface area contributed by atoms with Gasteiger partial charge < -0.3 is 23.6 Å². The summed E-state index contributed by atoms with van der Waals surface area (Å²) in [6.45, 7) is 5.31. The normalized spacial score (nSPS) is 13.7. The molecule has 16 heteroatoms. The lowest BCUT2D eigenvalue weighted by atomic mass is 10.3. The number of aromatic nitrogens is 2. The second kappa shape index (κ2) is 13.1. The number of nitrogens with zero attached hydrogens (tertiary/aromatic N) is 4. The molecule has 10 nitrogen and oxygen atoms in total. The number of carboxylic acids is 2. The first-order valence-corrected chi connectivity index (χ1v) is 10.8. The molecule has 0 saturated heterocycles. The van der Waals surface area contributed by atoms with Crippen molar-refractivity contribution in [2.75, 3.05) is 13.6 Å². The molecule has 0 spiro atoms. The van der Waals surface area contributed by atoms with Crippen LogP contribution in [-0.2, 0) is 42.3 Å². The molecule has 2 N–H and O–H groups in total. The molecule has 1 aliphatic rings. The zero-order chi connectivity index (χ0) is 28.5. The number of imidazole rings is 1. The van der Waals surface area contributed by atoms with E-state index >= 15 is 0 Å². The van der Waals surface area contributed by atoms with Crippen LogP contribution in [0.3, 0.4) is 0 Å². The number of carbonyl (C=O) groups is 2. The molecule has 3 aromatic heterocycles. The maximum absolute atomic E-state index is 10.6. The summed E-state index contributed by atoms with van der Waals surface area (Å²) in [4.78, 5) is 27.2. The summed E-state index contributed by atoms with van der Waals surface area (Å²) in [5.41, 5.74) is 1.11. The highest BCUT2D eigenvalue weighted by Crippen LogP contribution is 2.17. The van der Waals surface area contributed by atoms with Crippen molar-refractivity contribution in [3.05, 3.63) is 66.0 Å². The predicted molar refractivity (Wildman–Crippen MR) is 116 cm³/mol. The molecule has 0 atom stereocenters. The van der Waals surface area contributed by atoms with Crippen LogP contribution in [0.4, 0.5) is 26.3 Å². The maximum Gasteiger partial charge on any atom is 0.490 e. The third kappa shape index (κ3) is 10.3. The molecule has 3 aromatic rings. The topological polar surface area (TPSA) is 125 Å². The van der Waals surface area contributed by atoms with Crippen molar-refractivity contribution in [2.24, 2.45) is 0 Å². The fraction of sp³-hybridized carbons (Fsp3) is 0.409. The minimum atomic E-state index is -5.08. The van der Waals surface area contributed by atoms with E-state index in [2.05, 4.69) is 27.6 Å². The molecule has 1 aliphatic heterocycles. The Morgan fingerprint density at radius 2 is 1.47 bits per heavy atom. The molecule has 0 fully saturated rings. The molecule has 4 rings (SSSR count). The quantitative estimate of drug-likeness (QED) is 0.435. The van der Waals surface area contributed by atoms with Crippen LogP contribution in [0.25, 0.3) is 0 Å². The molecule has 210 valence electrons. The van der Waals surface area contributed by atoms with Crippen LogP contribution < -0.4 is 0 Å². The summed E-state index contributed by atoms with van der Waals surface area (Å²) in [6, 6.07) is 7.89. The Bertz CT molecular complexity index is 1120. The predicted octanol–water partition coefficient (Wildman–Crippen LogP) is 3.98. The number of fused-ring (bicyclic) bond motifs is 1. The number of hydrogen-bond acceptors (Lipinski definition) is 7.